The molecule has 7 rings (SSSR count). The van der Waals surface area contributed by atoms with E-state index in [1.807, 2.05) is 0 Å². The quantitative estimate of drug-likeness (QED) is 0.240. The van der Waals surface area contributed by atoms with Gasteiger partial charge >= 0.3 is 266 Å². The summed E-state index contributed by atoms with van der Waals surface area (Å²) in [5.74, 6) is 0. The van der Waals surface area contributed by atoms with E-state index in [2.05, 4.69) is 130 Å². The minimum absolute atomic E-state index is 0. The molecule has 2 aliphatic carbocycles. The van der Waals surface area contributed by atoms with Crippen LogP contribution < -0.4 is 24.8 Å². The van der Waals surface area contributed by atoms with Gasteiger partial charge in [0.25, 0.3) is 0 Å². The normalized spacial score (nSPS) is 18.1. The molecule has 0 saturated carbocycles. The summed E-state index contributed by atoms with van der Waals surface area (Å²) in [6, 6.07) is 19.2. The molecule has 1 fully saturated rings. The molecular formula is C42H46Cl2Zr. The zero-order valence-corrected chi connectivity index (χ0v) is 32.6. The molecule has 1 heterocycles. The fourth-order valence-electron chi connectivity index (χ4n) is 9.59. The Morgan fingerprint density at radius 2 is 0.778 bits per heavy atom. The van der Waals surface area contributed by atoms with Crippen molar-refractivity contribution in [3.8, 4) is 22.3 Å². The molecule has 0 amide bonds. The molecular weight excluding hydrogens is 667 g/mol. The van der Waals surface area contributed by atoms with E-state index in [4.69, 9.17) is 0 Å². The van der Waals surface area contributed by atoms with Crippen LogP contribution in [0.4, 0.5) is 0 Å². The minimum atomic E-state index is -2.75. The molecule has 0 bridgehead atoms. The van der Waals surface area contributed by atoms with Gasteiger partial charge in [-0.2, -0.15) is 0 Å². The number of fused-ring (bicyclic) bond motifs is 2. The number of hydrogen-bond acceptors (Lipinski definition) is 0. The predicted octanol–water partition coefficient (Wildman–Crippen LogP) is 6.12. The van der Waals surface area contributed by atoms with E-state index in [9.17, 15) is 0 Å². The van der Waals surface area contributed by atoms with Crippen molar-refractivity contribution in [2.24, 2.45) is 0 Å². The molecule has 0 aromatic heterocycles. The van der Waals surface area contributed by atoms with Crippen LogP contribution in [0.25, 0.3) is 34.4 Å². The van der Waals surface area contributed by atoms with Crippen LogP contribution >= 0.6 is 0 Å². The molecule has 0 nitrogen and oxygen atoms in total. The number of halogens is 2. The first-order valence-electron chi connectivity index (χ1n) is 16.2. The predicted molar refractivity (Wildman–Crippen MR) is 184 cm³/mol. The summed E-state index contributed by atoms with van der Waals surface area (Å²) in [6.07, 6.45) is 5.23. The Morgan fingerprint density at radius 1 is 0.444 bits per heavy atom. The van der Waals surface area contributed by atoms with Crippen molar-refractivity contribution >= 4 is 12.2 Å². The molecule has 1 saturated heterocycles. The maximum absolute atomic E-state index is 2.75. The van der Waals surface area contributed by atoms with Crippen molar-refractivity contribution in [3.63, 3.8) is 0 Å². The Bertz CT molecular complexity index is 1760. The zero-order chi connectivity index (χ0) is 30.5. The van der Waals surface area contributed by atoms with Crippen LogP contribution in [0.1, 0.15) is 87.9 Å². The Labute approximate surface area is 288 Å². The maximum Gasteiger partial charge on any atom is -1.00 e. The van der Waals surface area contributed by atoms with Gasteiger partial charge in [-0.05, 0) is 0 Å². The summed E-state index contributed by atoms with van der Waals surface area (Å²) < 4.78 is 4.33. The third-order valence-corrected chi connectivity index (χ3v) is 24.2. The number of allylic oxidation sites excluding steroid dienone is 2. The van der Waals surface area contributed by atoms with Crippen molar-refractivity contribution in [2.45, 2.75) is 84.7 Å². The van der Waals surface area contributed by atoms with Gasteiger partial charge in [0, 0.05) is 0 Å². The summed E-state index contributed by atoms with van der Waals surface area (Å²) in [6.45, 7) is 23.4. The monoisotopic (exact) mass is 710 g/mol. The third kappa shape index (κ3) is 5.40. The Hall–Kier alpha value is -2.18. The first-order chi connectivity index (χ1) is 20.4. The van der Waals surface area contributed by atoms with Gasteiger partial charge in [-0.3, -0.25) is 0 Å². The smallest absolute Gasteiger partial charge is 1.00 e. The van der Waals surface area contributed by atoms with Crippen LogP contribution in [0.15, 0.2) is 59.7 Å². The molecule has 4 aromatic rings. The van der Waals surface area contributed by atoms with Crippen molar-refractivity contribution in [3.05, 3.63) is 126 Å². The number of hydrogen-bond donors (Lipinski definition) is 0. The van der Waals surface area contributed by atoms with Crippen LogP contribution in [-0.4, -0.2) is 0 Å². The number of benzene rings is 4. The second-order valence-electron chi connectivity index (χ2n) is 14.6. The molecule has 0 radical (unpaired) electrons. The fraction of sp³-hybridized carbons (Fsp3) is 0.333. The van der Waals surface area contributed by atoms with E-state index < -0.39 is 20.3 Å². The SMILES string of the molecule is CC1=Cc2c(-c3cc(C)cc(C)c3)c(C)cc(C)c2[CH]1[Zr+2]1([CH]2C(C)=Cc3c(-c4cc(C)cc(C)c4)c(C)cc(C)c32)[CH2][CH2]1.[Cl-].[Cl-]. The van der Waals surface area contributed by atoms with Gasteiger partial charge in [0.05, 0.1) is 0 Å². The molecule has 232 valence electrons. The Kier molecular flexibility index (Phi) is 9.20. The standard InChI is InChI=1S/2C20H21.C2H4.2ClH.Zr/c2*1-12-6-13(2)8-17(7-12)20-16(5)11-15(4)18-9-14(3)10-19(18)20;1-2;;;/h2*6-11H,1-5H3;1-2H2;2*1H;/q;;;;;+2/p-2. The molecule has 2 atom stereocenters. The van der Waals surface area contributed by atoms with Crippen LogP contribution in [0.3, 0.4) is 0 Å². The van der Waals surface area contributed by atoms with Gasteiger partial charge in [-0.1, -0.05) is 0 Å². The molecule has 0 N–H and O–H groups in total. The molecule has 3 aliphatic rings. The first-order valence-corrected chi connectivity index (χ1v) is 22.5. The second-order valence-corrected chi connectivity index (χ2v) is 25.9. The van der Waals surface area contributed by atoms with E-state index in [0.717, 1.165) is 0 Å². The van der Waals surface area contributed by atoms with Crippen molar-refractivity contribution < 1.29 is 45.1 Å². The van der Waals surface area contributed by atoms with Crippen LogP contribution in [0.2, 0.25) is 8.26 Å². The zero-order valence-electron chi connectivity index (χ0n) is 28.6. The maximum atomic E-state index is 2.61. The Balaban J connectivity index is 0.00000200. The third-order valence-electron chi connectivity index (χ3n) is 10.9. The van der Waals surface area contributed by atoms with Gasteiger partial charge < -0.3 is 24.8 Å². The fourth-order valence-corrected chi connectivity index (χ4v) is 27.7. The van der Waals surface area contributed by atoms with E-state index >= 15 is 0 Å². The van der Waals surface area contributed by atoms with Crippen molar-refractivity contribution in [1.29, 1.82) is 0 Å². The van der Waals surface area contributed by atoms with Crippen molar-refractivity contribution in [1.82, 2.24) is 0 Å². The average molecular weight is 713 g/mol. The van der Waals surface area contributed by atoms with Crippen LogP contribution in [-0.2, 0) is 20.3 Å². The van der Waals surface area contributed by atoms with Gasteiger partial charge in [-0.15, -0.1) is 0 Å². The molecule has 4 aromatic carbocycles. The first kappa shape index (κ1) is 34.2. The molecule has 2 unspecified atom stereocenters. The topological polar surface area (TPSA) is 0 Å². The molecule has 0 spiro atoms. The van der Waals surface area contributed by atoms with E-state index in [-0.39, 0.29) is 24.8 Å². The minimum Gasteiger partial charge on any atom is -1.00 e. The summed E-state index contributed by atoms with van der Waals surface area (Å²) in [7, 11) is 0. The molecule has 3 heteroatoms. The summed E-state index contributed by atoms with van der Waals surface area (Å²) in [4.78, 5) is 0. The summed E-state index contributed by atoms with van der Waals surface area (Å²) >= 11 is -2.75. The summed E-state index contributed by atoms with van der Waals surface area (Å²) in [5, 5.41) is 0. The average Bonchev–Trinajstić information content (AvgIpc) is 3.47. The van der Waals surface area contributed by atoms with E-state index in [1.165, 1.54) is 86.1 Å². The van der Waals surface area contributed by atoms with Gasteiger partial charge in [0.2, 0.25) is 0 Å². The van der Waals surface area contributed by atoms with E-state index in [1.54, 1.807) is 22.3 Å². The largest absolute Gasteiger partial charge is 1.00 e. The van der Waals surface area contributed by atoms with Gasteiger partial charge in [-0.25, -0.2) is 0 Å². The van der Waals surface area contributed by atoms with Crippen LogP contribution in [0, 0.1) is 55.4 Å². The van der Waals surface area contributed by atoms with Crippen LogP contribution in [0.5, 0.6) is 0 Å². The summed E-state index contributed by atoms with van der Waals surface area (Å²) in [5.41, 5.74) is 26.7. The van der Waals surface area contributed by atoms with Gasteiger partial charge in [0.15, 0.2) is 0 Å². The Morgan fingerprint density at radius 3 is 1.09 bits per heavy atom. The molecule has 45 heavy (non-hydrogen) atoms. The van der Waals surface area contributed by atoms with Crippen molar-refractivity contribution in [2.75, 3.05) is 0 Å². The second kappa shape index (κ2) is 12.1. The number of aryl methyl sites for hydroxylation is 8. The molecule has 1 aliphatic heterocycles. The van der Waals surface area contributed by atoms with E-state index in [0.29, 0.717) is 7.25 Å². The van der Waals surface area contributed by atoms with Gasteiger partial charge in [0.1, 0.15) is 0 Å². The number of rotatable bonds is 4.